The first kappa shape index (κ1) is 11.3. The molecule has 5 N–H and O–H groups in total. The molecule has 0 radical (unpaired) electrons. The van der Waals surface area contributed by atoms with Crippen molar-refractivity contribution < 1.29 is 4.74 Å². The average Bonchev–Trinajstić information content (AvgIpc) is 2.27. The normalized spacial score (nSPS) is 19.4. The van der Waals surface area contributed by atoms with E-state index in [0.29, 0.717) is 13.2 Å². The van der Waals surface area contributed by atoms with Gasteiger partial charge in [0.25, 0.3) is 0 Å². The van der Waals surface area contributed by atoms with Gasteiger partial charge in [-0.1, -0.05) is 11.6 Å². The number of hydrogen-bond donors (Lipinski definition) is 3. The third kappa shape index (κ3) is 2.60. The molecule has 1 aliphatic heterocycles. The number of hydrogen-bond acceptors (Lipinski definition) is 4. The molecule has 0 saturated carbocycles. The molecule has 1 saturated heterocycles. The van der Waals surface area contributed by atoms with Crippen molar-refractivity contribution in [3.8, 4) is 0 Å². The number of ether oxygens (including phenoxy) is 1. The largest absolute Gasteiger partial charge is 0.403 e. The van der Waals surface area contributed by atoms with Crippen molar-refractivity contribution in [1.82, 2.24) is 5.01 Å². The van der Waals surface area contributed by atoms with Crippen LogP contribution in [0.15, 0.2) is 11.2 Å². The van der Waals surface area contributed by atoms with Crippen molar-refractivity contribution in [1.29, 1.82) is 5.41 Å². The molecular weight excluding hydrogens is 204 g/mol. The first-order chi connectivity index (χ1) is 6.66. The topological polar surface area (TPSA) is 88.4 Å². The van der Waals surface area contributed by atoms with E-state index in [-0.39, 0.29) is 16.9 Å². The fourth-order valence-corrected chi connectivity index (χ4v) is 1.45. The van der Waals surface area contributed by atoms with Crippen LogP contribution in [-0.2, 0) is 4.74 Å². The van der Waals surface area contributed by atoms with Gasteiger partial charge in [-0.3, -0.25) is 10.4 Å². The third-order valence-electron chi connectivity index (χ3n) is 2.21. The number of nitrogens with two attached hydrogens (primary N) is 2. The molecule has 1 rings (SSSR count). The van der Waals surface area contributed by atoms with Gasteiger partial charge in [0.05, 0.1) is 11.1 Å². The summed E-state index contributed by atoms with van der Waals surface area (Å²) in [5.41, 5.74) is 5.20. The molecule has 0 aromatic rings. The molecule has 0 aromatic heterocycles. The van der Waals surface area contributed by atoms with E-state index in [0.717, 1.165) is 12.8 Å². The zero-order valence-electron chi connectivity index (χ0n) is 7.87. The van der Waals surface area contributed by atoms with Gasteiger partial charge in [0.2, 0.25) is 0 Å². The lowest BCUT2D eigenvalue weighted by atomic mass is 10.1. The molecule has 0 bridgehead atoms. The molecule has 0 aromatic carbocycles. The summed E-state index contributed by atoms with van der Waals surface area (Å²) >= 11 is 5.69. The molecule has 80 valence electrons. The van der Waals surface area contributed by atoms with Gasteiger partial charge < -0.3 is 10.5 Å². The van der Waals surface area contributed by atoms with Gasteiger partial charge in [0, 0.05) is 19.4 Å². The lowest BCUT2D eigenvalue weighted by Gasteiger charge is -2.31. The zero-order valence-corrected chi connectivity index (χ0v) is 8.63. The number of hydrazine groups is 1. The number of nitrogens with one attached hydrogen (secondary N) is 1. The van der Waals surface area contributed by atoms with E-state index in [1.807, 2.05) is 0 Å². The van der Waals surface area contributed by atoms with E-state index in [2.05, 4.69) is 0 Å². The van der Waals surface area contributed by atoms with Gasteiger partial charge in [-0.15, -0.1) is 0 Å². The molecule has 1 heterocycles. The summed E-state index contributed by atoms with van der Waals surface area (Å²) in [6, 6.07) is 0.116. The minimum atomic E-state index is 0.0565. The van der Waals surface area contributed by atoms with Gasteiger partial charge >= 0.3 is 0 Å². The van der Waals surface area contributed by atoms with Crippen LogP contribution in [0.25, 0.3) is 0 Å². The monoisotopic (exact) mass is 218 g/mol. The predicted octanol–water partition coefficient (Wildman–Crippen LogP) is 0.357. The van der Waals surface area contributed by atoms with Gasteiger partial charge in [-0.05, 0) is 12.8 Å². The molecule has 1 fully saturated rings. The molecule has 5 nitrogen and oxygen atoms in total. The first-order valence-corrected chi connectivity index (χ1v) is 4.82. The van der Waals surface area contributed by atoms with Crippen molar-refractivity contribution in [3.05, 3.63) is 11.2 Å². The third-order valence-corrected chi connectivity index (χ3v) is 2.52. The Labute approximate surface area is 88.1 Å². The summed E-state index contributed by atoms with van der Waals surface area (Å²) in [5.74, 6) is 5.80. The lowest BCUT2D eigenvalue weighted by molar-refractivity contribution is 0.0551. The van der Waals surface area contributed by atoms with Crippen LogP contribution in [0, 0.1) is 5.41 Å². The summed E-state index contributed by atoms with van der Waals surface area (Å²) in [5, 5.41) is 9.14. The van der Waals surface area contributed by atoms with Crippen molar-refractivity contribution in [3.63, 3.8) is 0 Å². The maximum atomic E-state index is 7.62. The zero-order chi connectivity index (χ0) is 10.6. The van der Waals surface area contributed by atoms with Gasteiger partial charge in [0.15, 0.2) is 5.84 Å². The number of amidine groups is 1. The molecule has 1 aliphatic rings. The summed E-state index contributed by atoms with van der Waals surface area (Å²) < 4.78 is 5.19. The first-order valence-electron chi connectivity index (χ1n) is 4.44. The Bertz CT molecular complexity index is 237. The van der Waals surface area contributed by atoms with Crippen LogP contribution >= 0.6 is 11.6 Å². The fraction of sp³-hybridized carbons (Fsp3) is 0.625. The minimum Gasteiger partial charge on any atom is -0.403 e. The lowest BCUT2D eigenvalue weighted by Crippen LogP contribution is -2.47. The highest BCUT2D eigenvalue weighted by molar-refractivity contribution is 6.42. The van der Waals surface area contributed by atoms with Crippen LogP contribution in [0.2, 0.25) is 0 Å². The summed E-state index contributed by atoms with van der Waals surface area (Å²) in [6.45, 7) is 1.35. The van der Waals surface area contributed by atoms with Crippen molar-refractivity contribution in [2.75, 3.05) is 13.2 Å². The Morgan fingerprint density at radius 3 is 2.57 bits per heavy atom. The van der Waals surface area contributed by atoms with Gasteiger partial charge in [-0.2, -0.15) is 0 Å². The van der Waals surface area contributed by atoms with Crippen molar-refractivity contribution in [2.24, 2.45) is 11.6 Å². The summed E-state index contributed by atoms with van der Waals surface area (Å²) in [6.07, 6.45) is 2.80. The van der Waals surface area contributed by atoms with Crippen molar-refractivity contribution >= 4 is 17.4 Å². The average molecular weight is 219 g/mol. The van der Waals surface area contributed by atoms with E-state index in [1.54, 1.807) is 0 Å². The van der Waals surface area contributed by atoms with Crippen LogP contribution in [0.5, 0.6) is 0 Å². The number of rotatable bonds is 2. The van der Waals surface area contributed by atoms with Crippen LogP contribution < -0.4 is 11.6 Å². The molecule has 0 spiro atoms. The van der Waals surface area contributed by atoms with Crippen LogP contribution in [0.3, 0.4) is 0 Å². The smallest absolute Gasteiger partial charge is 0.155 e. The SMILES string of the molecule is N=C(C(Cl)=CN)N(N)C1CCOCC1. The van der Waals surface area contributed by atoms with E-state index >= 15 is 0 Å². The Balaban J connectivity index is 2.54. The van der Waals surface area contributed by atoms with E-state index in [9.17, 15) is 0 Å². The highest BCUT2D eigenvalue weighted by Crippen LogP contribution is 2.14. The van der Waals surface area contributed by atoms with E-state index in [1.165, 1.54) is 11.2 Å². The predicted molar refractivity (Wildman–Crippen MR) is 55.7 cm³/mol. The Morgan fingerprint density at radius 1 is 1.50 bits per heavy atom. The highest BCUT2D eigenvalue weighted by atomic mass is 35.5. The second-order valence-corrected chi connectivity index (χ2v) is 3.52. The fourth-order valence-electron chi connectivity index (χ4n) is 1.35. The Kier molecular flexibility index (Phi) is 4.19. The summed E-state index contributed by atoms with van der Waals surface area (Å²) in [7, 11) is 0. The standard InChI is InChI=1S/C8H15ClN4O/c9-7(5-10)8(11)13(12)6-1-3-14-4-2-6/h5-6,11H,1-4,10,12H2. The summed E-state index contributed by atoms with van der Waals surface area (Å²) in [4.78, 5) is 0. The van der Waals surface area contributed by atoms with Gasteiger partial charge in [-0.25, -0.2) is 5.84 Å². The number of nitrogens with zero attached hydrogens (tertiary/aromatic N) is 1. The molecule has 0 aliphatic carbocycles. The highest BCUT2D eigenvalue weighted by Gasteiger charge is 2.22. The van der Waals surface area contributed by atoms with Gasteiger partial charge in [0.1, 0.15) is 0 Å². The number of halogens is 1. The molecular formula is C8H15ClN4O. The minimum absolute atomic E-state index is 0.0565. The molecule has 0 atom stereocenters. The molecule has 14 heavy (non-hydrogen) atoms. The molecule has 6 heteroatoms. The Morgan fingerprint density at radius 2 is 2.07 bits per heavy atom. The van der Waals surface area contributed by atoms with Crippen LogP contribution in [-0.4, -0.2) is 30.1 Å². The second-order valence-electron chi connectivity index (χ2n) is 3.11. The second kappa shape index (κ2) is 5.19. The van der Waals surface area contributed by atoms with Crippen LogP contribution in [0.4, 0.5) is 0 Å². The maximum absolute atomic E-state index is 7.62. The molecule has 0 unspecified atom stereocenters. The van der Waals surface area contributed by atoms with Crippen LogP contribution in [0.1, 0.15) is 12.8 Å². The quantitative estimate of drug-likeness (QED) is 0.270. The Hall–Kier alpha value is -0.780. The van der Waals surface area contributed by atoms with E-state index < -0.39 is 0 Å². The van der Waals surface area contributed by atoms with E-state index in [4.69, 9.17) is 33.3 Å². The molecule has 0 amide bonds. The van der Waals surface area contributed by atoms with Crippen molar-refractivity contribution in [2.45, 2.75) is 18.9 Å². The maximum Gasteiger partial charge on any atom is 0.155 e.